The number of hydrogen-bond acceptors (Lipinski definition) is 2. The molecular weight excluding hydrogens is 228 g/mol. The normalized spacial score (nSPS) is 10.2. The van der Waals surface area contributed by atoms with E-state index in [2.05, 4.69) is 10.6 Å². The summed E-state index contributed by atoms with van der Waals surface area (Å²) in [5.41, 5.74) is 0.698. The number of carbonyl (C=O) groups excluding carboxylic acids is 1. The van der Waals surface area contributed by atoms with Crippen LogP contribution in [0.15, 0.2) is 53.1 Å². The van der Waals surface area contributed by atoms with Crippen molar-refractivity contribution in [2.45, 2.75) is 6.54 Å². The summed E-state index contributed by atoms with van der Waals surface area (Å²) in [4.78, 5) is 11.7. The van der Waals surface area contributed by atoms with Crippen LogP contribution < -0.4 is 10.6 Å². The van der Waals surface area contributed by atoms with E-state index in [4.69, 9.17) is 4.42 Å². The number of nitrogens with one attached hydrogen (secondary N) is 1. The molecule has 0 radical (unpaired) electrons. The van der Waals surface area contributed by atoms with E-state index in [0.29, 0.717) is 12.1 Å². The lowest BCUT2D eigenvalue weighted by molar-refractivity contribution is -0.670. The highest BCUT2D eigenvalue weighted by Gasteiger charge is 2.03. The molecule has 2 aromatic rings. The fraction of sp³-hybridized carbons (Fsp3) is 0.214. The number of carbonyl (C=O) groups is 1. The smallest absolute Gasteiger partial charge is 0.251 e. The van der Waals surface area contributed by atoms with Crippen LogP contribution in [0.25, 0.3) is 0 Å². The van der Waals surface area contributed by atoms with Crippen molar-refractivity contribution in [1.29, 1.82) is 0 Å². The lowest BCUT2D eigenvalue weighted by Gasteiger charge is -2.04. The average molecular weight is 245 g/mol. The monoisotopic (exact) mass is 245 g/mol. The van der Waals surface area contributed by atoms with E-state index in [1.807, 2.05) is 42.5 Å². The van der Waals surface area contributed by atoms with Crippen LogP contribution in [0.1, 0.15) is 16.1 Å². The topological polar surface area (TPSA) is 58.9 Å². The molecule has 0 aliphatic heterocycles. The number of nitrogens with two attached hydrogens (primary N) is 1. The number of hydrogen-bond donors (Lipinski definition) is 2. The van der Waals surface area contributed by atoms with Gasteiger partial charge in [-0.2, -0.15) is 0 Å². The summed E-state index contributed by atoms with van der Waals surface area (Å²) in [6, 6.07) is 13.0. The molecule has 0 atom stereocenters. The minimum Gasteiger partial charge on any atom is -0.463 e. The SMILES string of the molecule is O=C(NCC[NH2+]Cc1ccco1)c1ccccc1. The van der Waals surface area contributed by atoms with E-state index in [1.54, 1.807) is 6.26 Å². The van der Waals surface area contributed by atoms with Crippen LogP contribution in [0.5, 0.6) is 0 Å². The van der Waals surface area contributed by atoms with Gasteiger partial charge in [0, 0.05) is 5.56 Å². The Morgan fingerprint density at radius 1 is 1.17 bits per heavy atom. The van der Waals surface area contributed by atoms with Crippen LogP contribution in [0.4, 0.5) is 0 Å². The van der Waals surface area contributed by atoms with Crippen molar-refractivity contribution < 1.29 is 14.5 Å². The van der Waals surface area contributed by atoms with Gasteiger partial charge in [-0.3, -0.25) is 4.79 Å². The second-order valence-corrected chi connectivity index (χ2v) is 3.98. The van der Waals surface area contributed by atoms with Gasteiger partial charge in [-0.05, 0) is 24.3 Å². The van der Waals surface area contributed by atoms with Gasteiger partial charge < -0.3 is 15.1 Å². The van der Waals surface area contributed by atoms with Crippen molar-refractivity contribution in [3.63, 3.8) is 0 Å². The van der Waals surface area contributed by atoms with Crippen molar-refractivity contribution >= 4 is 5.91 Å². The van der Waals surface area contributed by atoms with Crippen LogP contribution in [0.2, 0.25) is 0 Å². The van der Waals surface area contributed by atoms with E-state index in [1.165, 1.54) is 0 Å². The first kappa shape index (κ1) is 12.4. The lowest BCUT2D eigenvalue weighted by atomic mass is 10.2. The van der Waals surface area contributed by atoms with Crippen LogP contribution in [0, 0.1) is 0 Å². The molecule has 0 aliphatic rings. The highest BCUT2D eigenvalue weighted by molar-refractivity contribution is 5.94. The standard InChI is InChI=1S/C14H16N2O2/c17-14(12-5-2-1-3-6-12)16-9-8-15-11-13-7-4-10-18-13/h1-7,10,15H,8-9,11H2,(H,16,17)/p+1. The highest BCUT2D eigenvalue weighted by Crippen LogP contribution is 1.97. The third kappa shape index (κ3) is 3.75. The molecule has 18 heavy (non-hydrogen) atoms. The van der Waals surface area contributed by atoms with E-state index in [0.717, 1.165) is 18.8 Å². The molecule has 0 spiro atoms. The van der Waals surface area contributed by atoms with Gasteiger partial charge in [0.1, 0.15) is 6.54 Å². The maximum atomic E-state index is 11.7. The maximum absolute atomic E-state index is 11.7. The van der Waals surface area contributed by atoms with Crippen LogP contribution in [-0.2, 0) is 6.54 Å². The van der Waals surface area contributed by atoms with Gasteiger partial charge in [-0.25, -0.2) is 0 Å². The zero-order chi connectivity index (χ0) is 12.6. The Hall–Kier alpha value is -2.07. The number of benzene rings is 1. The number of rotatable bonds is 6. The average Bonchev–Trinajstić information content (AvgIpc) is 2.92. The summed E-state index contributed by atoms with van der Waals surface area (Å²) in [7, 11) is 0. The third-order valence-corrected chi connectivity index (χ3v) is 2.60. The Morgan fingerprint density at radius 2 is 2.00 bits per heavy atom. The Balaban J connectivity index is 1.62. The minimum absolute atomic E-state index is 0.0259. The van der Waals surface area contributed by atoms with E-state index >= 15 is 0 Å². The van der Waals surface area contributed by atoms with E-state index in [9.17, 15) is 4.79 Å². The fourth-order valence-corrected chi connectivity index (χ4v) is 1.65. The Kier molecular flexibility index (Phi) is 4.55. The van der Waals surface area contributed by atoms with Gasteiger partial charge in [-0.1, -0.05) is 18.2 Å². The van der Waals surface area contributed by atoms with Crippen LogP contribution in [0.3, 0.4) is 0 Å². The van der Waals surface area contributed by atoms with Gasteiger partial charge in [0.25, 0.3) is 5.91 Å². The first-order chi connectivity index (χ1) is 8.86. The molecule has 4 nitrogen and oxygen atoms in total. The molecule has 1 amide bonds. The largest absolute Gasteiger partial charge is 0.463 e. The van der Waals surface area contributed by atoms with Gasteiger partial charge >= 0.3 is 0 Å². The Labute approximate surface area is 106 Å². The minimum atomic E-state index is -0.0259. The molecule has 0 saturated carbocycles. The van der Waals surface area contributed by atoms with Crippen molar-refractivity contribution in [2.24, 2.45) is 0 Å². The molecular formula is C14H17N2O2+. The van der Waals surface area contributed by atoms with Crippen molar-refractivity contribution in [3.8, 4) is 0 Å². The molecule has 4 heteroatoms. The summed E-state index contributed by atoms with van der Waals surface area (Å²) in [5.74, 6) is 0.923. The molecule has 0 fully saturated rings. The first-order valence-electron chi connectivity index (χ1n) is 6.03. The molecule has 0 bridgehead atoms. The predicted molar refractivity (Wildman–Crippen MR) is 68.0 cm³/mol. The number of amides is 1. The summed E-state index contributed by atoms with van der Waals surface area (Å²) >= 11 is 0. The second-order valence-electron chi connectivity index (χ2n) is 3.98. The third-order valence-electron chi connectivity index (χ3n) is 2.60. The van der Waals surface area contributed by atoms with Gasteiger partial charge in [0.15, 0.2) is 5.76 Å². The summed E-state index contributed by atoms with van der Waals surface area (Å²) in [6.07, 6.45) is 1.67. The molecule has 0 aliphatic carbocycles. The molecule has 1 heterocycles. The maximum Gasteiger partial charge on any atom is 0.251 e. The Bertz CT molecular complexity index is 466. The molecule has 1 aromatic carbocycles. The van der Waals surface area contributed by atoms with E-state index in [-0.39, 0.29) is 5.91 Å². The second kappa shape index (κ2) is 6.61. The lowest BCUT2D eigenvalue weighted by Crippen LogP contribution is -2.84. The molecule has 0 saturated heterocycles. The first-order valence-corrected chi connectivity index (χ1v) is 6.03. The summed E-state index contributed by atoms with van der Waals surface area (Å²) < 4.78 is 5.21. The highest BCUT2D eigenvalue weighted by atomic mass is 16.3. The van der Waals surface area contributed by atoms with Gasteiger partial charge in [0.2, 0.25) is 0 Å². The summed E-state index contributed by atoms with van der Waals surface area (Å²) in [6.45, 7) is 2.28. The molecule has 0 unspecified atom stereocenters. The molecule has 3 N–H and O–H groups in total. The molecule has 94 valence electrons. The van der Waals surface area contributed by atoms with Gasteiger partial charge in [0.05, 0.1) is 19.4 Å². The van der Waals surface area contributed by atoms with Crippen molar-refractivity contribution in [1.82, 2.24) is 5.32 Å². The summed E-state index contributed by atoms with van der Waals surface area (Å²) in [5, 5.41) is 4.98. The quantitative estimate of drug-likeness (QED) is 0.739. The van der Waals surface area contributed by atoms with Crippen molar-refractivity contribution in [2.75, 3.05) is 13.1 Å². The predicted octanol–water partition coefficient (Wildman–Crippen LogP) is 0.773. The fourth-order valence-electron chi connectivity index (χ4n) is 1.65. The zero-order valence-electron chi connectivity index (χ0n) is 10.1. The molecule has 1 aromatic heterocycles. The number of quaternary nitrogens is 1. The zero-order valence-corrected chi connectivity index (χ0v) is 10.1. The van der Waals surface area contributed by atoms with Crippen LogP contribution >= 0.6 is 0 Å². The van der Waals surface area contributed by atoms with Crippen LogP contribution in [-0.4, -0.2) is 19.0 Å². The van der Waals surface area contributed by atoms with E-state index < -0.39 is 0 Å². The van der Waals surface area contributed by atoms with Crippen molar-refractivity contribution in [3.05, 3.63) is 60.1 Å². The Morgan fingerprint density at radius 3 is 2.72 bits per heavy atom. The van der Waals surface area contributed by atoms with Gasteiger partial charge in [-0.15, -0.1) is 0 Å². The molecule has 2 rings (SSSR count). The number of furan rings is 1.